The van der Waals surface area contributed by atoms with Crippen molar-refractivity contribution in [1.82, 2.24) is 10.1 Å². The summed E-state index contributed by atoms with van der Waals surface area (Å²) in [4.78, 5) is 5.41. The molecule has 2 aromatic rings. The molecule has 1 heterocycles. The van der Waals surface area contributed by atoms with Crippen LogP contribution in [0.15, 0.2) is 27.6 Å². The van der Waals surface area contributed by atoms with Crippen LogP contribution >= 0.6 is 47.4 Å². The Morgan fingerprint density at radius 2 is 2.00 bits per heavy atom. The van der Waals surface area contributed by atoms with E-state index in [-0.39, 0.29) is 17.7 Å². The number of hydrogen-bond donors (Lipinski definition) is 1. The molecule has 3 rings (SSSR count). The zero-order valence-electron chi connectivity index (χ0n) is 12.6. The van der Waals surface area contributed by atoms with E-state index in [0.29, 0.717) is 21.8 Å². The highest BCUT2D eigenvalue weighted by atomic mass is 35.5. The monoisotopic (exact) mass is 393 g/mol. The molecule has 1 aliphatic rings. The van der Waals surface area contributed by atoms with Crippen LogP contribution in [0.4, 0.5) is 0 Å². The first-order chi connectivity index (χ1) is 10.5. The van der Waals surface area contributed by atoms with Crippen LogP contribution in [0.25, 0.3) is 0 Å². The largest absolute Gasteiger partial charge is 0.338 e. The first kappa shape index (κ1) is 18.9. The van der Waals surface area contributed by atoms with Crippen molar-refractivity contribution in [2.24, 2.45) is 5.73 Å². The third kappa shape index (κ3) is 4.15. The molecule has 0 bridgehead atoms. The van der Waals surface area contributed by atoms with E-state index in [0.717, 1.165) is 30.6 Å². The number of aromatic nitrogens is 2. The maximum Gasteiger partial charge on any atom is 0.239 e. The second-order valence-corrected chi connectivity index (χ2v) is 7.88. The molecule has 1 fully saturated rings. The number of halogens is 3. The van der Waals surface area contributed by atoms with Gasteiger partial charge >= 0.3 is 0 Å². The average molecular weight is 395 g/mol. The predicted octanol–water partition coefficient (Wildman–Crippen LogP) is 5.38. The van der Waals surface area contributed by atoms with Crippen LogP contribution in [-0.2, 0) is 5.54 Å². The molecule has 126 valence electrons. The highest BCUT2D eigenvalue weighted by Crippen LogP contribution is 2.40. The fraction of sp³-hybridized carbons (Fsp3) is 0.467. The van der Waals surface area contributed by atoms with Crippen molar-refractivity contribution in [2.75, 3.05) is 0 Å². The van der Waals surface area contributed by atoms with Gasteiger partial charge in [-0.15, -0.1) is 24.2 Å². The molecule has 0 amide bonds. The van der Waals surface area contributed by atoms with Crippen LogP contribution in [-0.4, -0.2) is 10.1 Å². The van der Waals surface area contributed by atoms with Crippen LogP contribution in [0.5, 0.6) is 0 Å². The maximum absolute atomic E-state index is 6.36. The van der Waals surface area contributed by atoms with E-state index in [1.54, 1.807) is 12.1 Å². The number of nitrogens with zero attached hydrogens (tertiary/aromatic N) is 2. The lowest BCUT2D eigenvalue weighted by molar-refractivity contribution is 0.349. The van der Waals surface area contributed by atoms with Crippen LogP contribution in [0.3, 0.4) is 0 Å². The molecule has 1 aromatic heterocycles. The predicted molar refractivity (Wildman–Crippen MR) is 96.6 cm³/mol. The van der Waals surface area contributed by atoms with E-state index in [1.807, 2.05) is 13.0 Å². The fourth-order valence-corrected chi connectivity index (χ4v) is 4.08. The third-order valence-corrected chi connectivity index (χ3v) is 5.75. The summed E-state index contributed by atoms with van der Waals surface area (Å²) in [6, 6.07) is 5.39. The highest BCUT2D eigenvalue weighted by Gasteiger charge is 2.36. The van der Waals surface area contributed by atoms with Gasteiger partial charge in [0.05, 0.1) is 15.8 Å². The van der Waals surface area contributed by atoms with Gasteiger partial charge < -0.3 is 10.3 Å². The van der Waals surface area contributed by atoms with Crippen LogP contribution in [0, 0.1) is 0 Å². The first-order valence-corrected chi connectivity index (χ1v) is 8.86. The number of nitrogens with two attached hydrogens (primary N) is 1. The Balaban J connectivity index is 0.00000192. The molecule has 1 saturated carbocycles. The quantitative estimate of drug-likeness (QED) is 0.705. The Labute approximate surface area is 155 Å². The highest BCUT2D eigenvalue weighted by molar-refractivity contribution is 7.99. The van der Waals surface area contributed by atoms with Crippen molar-refractivity contribution in [3.8, 4) is 0 Å². The molecule has 0 radical (unpaired) electrons. The van der Waals surface area contributed by atoms with E-state index in [2.05, 4.69) is 10.1 Å². The third-order valence-electron chi connectivity index (χ3n) is 3.93. The Kier molecular flexibility index (Phi) is 6.25. The number of hydrogen-bond acceptors (Lipinski definition) is 5. The summed E-state index contributed by atoms with van der Waals surface area (Å²) >= 11 is 13.7. The molecule has 1 unspecified atom stereocenters. The van der Waals surface area contributed by atoms with E-state index in [9.17, 15) is 0 Å². The Hall–Kier alpha value is -0.460. The van der Waals surface area contributed by atoms with Crippen LogP contribution in [0.2, 0.25) is 10.0 Å². The second-order valence-electron chi connectivity index (χ2n) is 5.65. The Bertz CT molecular complexity index is 674. The second kappa shape index (κ2) is 7.62. The number of benzene rings is 1. The molecule has 0 aliphatic heterocycles. The molecule has 2 N–H and O–H groups in total. The van der Waals surface area contributed by atoms with Gasteiger partial charge in [0.15, 0.2) is 5.82 Å². The summed E-state index contributed by atoms with van der Waals surface area (Å²) in [5.74, 6) is 1.18. The van der Waals surface area contributed by atoms with Crippen LogP contribution in [0.1, 0.15) is 49.6 Å². The minimum absolute atomic E-state index is 0. The minimum Gasteiger partial charge on any atom is -0.338 e. The summed E-state index contributed by atoms with van der Waals surface area (Å²) in [7, 11) is 0. The molecule has 1 aromatic carbocycles. The molecule has 1 aliphatic carbocycles. The zero-order valence-corrected chi connectivity index (χ0v) is 15.7. The molecule has 4 nitrogen and oxygen atoms in total. The molecule has 0 spiro atoms. The summed E-state index contributed by atoms with van der Waals surface area (Å²) in [6.45, 7) is 2.00. The minimum atomic E-state index is -0.431. The number of thioether (sulfide) groups is 1. The van der Waals surface area contributed by atoms with Gasteiger partial charge in [-0.05, 0) is 38.0 Å². The molecule has 1 atom stereocenters. The Morgan fingerprint density at radius 1 is 1.30 bits per heavy atom. The van der Waals surface area contributed by atoms with E-state index < -0.39 is 5.54 Å². The number of rotatable bonds is 4. The molecular formula is C15H18Cl3N3OS. The molecule has 8 heteroatoms. The van der Waals surface area contributed by atoms with Gasteiger partial charge in [0.1, 0.15) is 0 Å². The van der Waals surface area contributed by atoms with Gasteiger partial charge in [0.25, 0.3) is 0 Å². The van der Waals surface area contributed by atoms with E-state index >= 15 is 0 Å². The van der Waals surface area contributed by atoms with Crippen molar-refractivity contribution < 1.29 is 4.52 Å². The SMILES string of the molecule is CC(Sc1cc(Cl)ccc1Cl)c1nc(C2(N)CCCC2)no1.Cl. The van der Waals surface area contributed by atoms with Crippen LogP contribution < -0.4 is 5.73 Å². The maximum atomic E-state index is 6.36. The smallest absolute Gasteiger partial charge is 0.239 e. The summed E-state index contributed by atoms with van der Waals surface area (Å²) < 4.78 is 5.41. The molecule has 23 heavy (non-hydrogen) atoms. The fourth-order valence-electron chi connectivity index (χ4n) is 2.64. The van der Waals surface area contributed by atoms with Gasteiger partial charge in [-0.3, -0.25) is 0 Å². The van der Waals surface area contributed by atoms with Gasteiger partial charge in [-0.25, -0.2) is 0 Å². The normalized spacial score (nSPS) is 17.7. The summed E-state index contributed by atoms with van der Waals surface area (Å²) in [5.41, 5.74) is 5.93. The van der Waals surface area contributed by atoms with E-state index in [1.165, 1.54) is 11.8 Å². The average Bonchev–Trinajstić information content (AvgIpc) is 3.12. The molecule has 0 saturated heterocycles. The lowest BCUT2D eigenvalue weighted by atomic mass is 9.99. The van der Waals surface area contributed by atoms with Gasteiger partial charge in [0, 0.05) is 9.92 Å². The lowest BCUT2D eigenvalue weighted by Crippen LogP contribution is -2.34. The van der Waals surface area contributed by atoms with Crippen molar-refractivity contribution in [2.45, 2.75) is 48.3 Å². The van der Waals surface area contributed by atoms with Crippen molar-refractivity contribution >= 4 is 47.4 Å². The topological polar surface area (TPSA) is 64.9 Å². The van der Waals surface area contributed by atoms with Gasteiger partial charge in [-0.1, -0.05) is 41.2 Å². The van der Waals surface area contributed by atoms with Crippen molar-refractivity contribution in [3.05, 3.63) is 40.0 Å². The first-order valence-electron chi connectivity index (χ1n) is 7.23. The standard InChI is InChI=1S/C15H17Cl2N3OS.ClH/c1-9(22-12-8-10(16)4-5-11(12)17)13-19-14(20-21-13)15(18)6-2-3-7-15;/h4-5,8-9H,2-3,6-7,18H2,1H3;1H. The van der Waals surface area contributed by atoms with Crippen molar-refractivity contribution in [1.29, 1.82) is 0 Å². The molecular weight excluding hydrogens is 377 g/mol. The lowest BCUT2D eigenvalue weighted by Gasteiger charge is -2.17. The summed E-state index contributed by atoms with van der Waals surface area (Å²) in [6.07, 6.45) is 4.05. The zero-order chi connectivity index (χ0) is 15.7. The van der Waals surface area contributed by atoms with E-state index in [4.69, 9.17) is 33.5 Å². The van der Waals surface area contributed by atoms with Gasteiger partial charge in [0.2, 0.25) is 5.89 Å². The summed E-state index contributed by atoms with van der Waals surface area (Å²) in [5, 5.41) is 5.37. The van der Waals surface area contributed by atoms with Crippen molar-refractivity contribution in [3.63, 3.8) is 0 Å². The Morgan fingerprint density at radius 3 is 2.70 bits per heavy atom. The van der Waals surface area contributed by atoms with Gasteiger partial charge in [-0.2, -0.15) is 4.98 Å².